The first kappa shape index (κ1) is 84.0. The summed E-state index contributed by atoms with van der Waals surface area (Å²) in [6, 6.07) is -1.29. The van der Waals surface area contributed by atoms with Crippen LogP contribution >= 0.6 is 12.6 Å². The van der Waals surface area contributed by atoms with E-state index in [-0.39, 0.29) is 49.6 Å². The summed E-state index contributed by atoms with van der Waals surface area (Å²) < 4.78 is 0. The van der Waals surface area contributed by atoms with Crippen LogP contribution in [0.5, 0.6) is 5.75 Å². The number of carboxylic acid groups (broad SMARTS) is 10. The molecule has 0 radical (unpaired) electrons. The number of phenols is 1. The molecule has 0 saturated carbocycles. The molecule has 1 aromatic carbocycles. The average Bonchev–Trinajstić information content (AvgIpc) is 3.88. The predicted molar refractivity (Wildman–Crippen MR) is 289 cm³/mol. The fourth-order valence-electron chi connectivity index (χ4n) is 4.03. The van der Waals surface area contributed by atoms with Gasteiger partial charge in [0.05, 0.1) is 19.2 Å². The Hall–Kier alpha value is -8.34. The average molecular weight is 1190 g/mol. The molecule has 81 heavy (non-hydrogen) atoms. The van der Waals surface area contributed by atoms with Crippen LogP contribution in [0.3, 0.4) is 0 Å². The van der Waals surface area contributed by atoms with Crippen molar-refractivity contribution in [2.24, 2.45) is 73.8 Å². The molecule has 8 atom stereocenters. The molecule has 36 N–H and O–H groups in total. The van der Waals surface area contributed by atoms with Gasteiger partial charge in [0.2, 0.25) is 5.91 Å². The summed E-state index contributed by atoms with van der Waals surface area (Å²) in [6.07, 6.45) is 5.66. The van der Waals surface area contributed by atoms with Gasteiger partial charge in [0.25, 0.3) is 0 Å². The van der Waals surface area contributed by atoms with E-state index >= 15 is 0 Å². The van der Waals surface area contributed by atoms with Crippen molar-refractivity contribution < 1.29 is 109 Å². The monoisotopic (exact) mass is 1190 g/mol. The van der Waals surface area contributed by atoms with Crippen LogP contribution < -0.4 is 68.8 Å². The molecule has 464 valence electrons. The van der Waals surface area contributed by atoms with Crippen LogP contribution in [0.2, 0.25) is 0 Å². The number of aromatic amines is 1. The number of rotatable bonds is 28. The van der Waals surface area contributed by atoms with Gasteiger partial charge >= 0.3 is 59.7 Å². The number of carbonyl (C=O) groups is 11. The molecule has 0 spiro atoms. The first-order valence-corrected chi connectivity index (χ1v) is 23.6. The normalized spacial score (nSPS) is 12.6. The number of phenolic OH excluding ortho intramolecular Hbond substituents is 1. The standard InChI is InChI=1S/C9H11NO3.C6H14N4O2.C6H9N3O2.C6H14N2O2.C5H9NO4.C4H8N2O3.C4H7NO4.C3H7NO2S/c10-8(9(12)13)5-6-1-3-7(11)4-2-6;7-4(5(11)12)2-1-3-10-6(8)9;7-5(6(10)11)1-4-2-8-3-9-4;7-4-2-1-3-5(8)6(9)10;6-3(5(9)10)1-2-4(7)8;2*5-2(4(8)9)1-3(6)7;4-2(1-7)3(5)6/h1-4,8,11H,5,10H2,(H,12,13);4H,1-3,7H2,(H,11,12)(H4,8,9,10);2-3,5H,1,7H2,(H,8,9)(H,10,11);5H,1-4,7-8H2,(H,9,10);3H,1-2,6H2,(H,7,8)(H,9,10);2H,1,5H2,(H2,6,7)(H,8,9);2H,1,5H2,(H,6,7)(H,8,9);2,7H,1,4H2,(H,5,6). The van der Waals surface area contributed by atoms with Gasteiger partial charge in [-0.15, -0.1) is 0 Å². The lowest BCUT2D eigenvalue weighted by molar-refractivity contribution is -0.144. The number of aliphatic imine (C=N–C) groups is 1. The fourth-order valence-corrected chi connectivity index (χ4v) is 4.18. The molecule has 2 aromatic rings. The number of guanidine groups is 1. The number of amides is 1. The Morgan fingerprint density at radius 3 is 1.20 bits per heavy atom. The smallest absolute Gasteiger partial charge is 0.321 e. The second kappa shape index (κ2) is 51.1. The Balaban J connectivity index is -0.000000200. The zero-order chi connectivity index (χ0) is 64.5. The number of primary amides is 1. The van der Waals surface area contributed by atoms with E-state index in [0.29, 0.717) is 32.4 Å². The number of nitrogens with one attached hydrogen (secondary N) is 1. The maximum absolute atomic E-state index is 10.4. The molecule has 0 aliphatic carbocycles. The number of nitrogens with two attached hydrogens (primary N) is 12. The zero-order valence-electron chi connectivity index (χ0n) is 43.7. The van der Waals surface area contributed by atoms with E-state index in [9.17, 15) is 52.7 Å². The Bertz CT molecular complexity index is 2140. The number of aromatic nitrogens is 2. The molecule has 0 aliphatic rings. The highest BCUT2D eigenvalue weighted by Gasteiger charge is 2.17. The molecule has 0 saturated heterocycles. The molecule has 1 aromatic heterocycles. The maximum Gasteiger partial charge on any atom is 0.321 e. The van der Waals surface area contributed by atoms with Gasteiger partial charge in [-0.2, -0.15) is 12.6 Å². The van der Waals surface area contributed by atoms with Gasteiger partial charge in [0, 0.05) is 37.0 Å². The number of carboxylic acids is 10. The molecule has 1 amide bonds. The van der Waals surface area contributed by atoms with Gasteiger partial charge < -0.3 is 130 Å². The summed E-state index contributed by atoms with van der Waals surface area (Å²) in [4.78, 5) is 120. The second-order valence-corrected chi connectivity index (χ2v) is 16.2. The quantitative estimate of drug-likeness (QED) is 0.0163. The molecule has 8 unspecified atom stereocenters. The summed E-state index contributed by atoms with van der Waals surface area (Å²) in [7, 11) is 0. The Morgan fingerprint density at radius 1 is 0.506 bits per heavy atom. The number of benzene rings is 1. The first-order valence-electron chi connectivity index (χ1n) is 23.0. The molecule has 0 bridgehead atoms. The van der Waals surface area contributed by atoms with Crippen LogP contribution in [-0.2, 0) is 65.6 Å². The highest BCUT2D eigenvalue weighted by Crippen LogP contribution is 2.11. The van der Waals surface area contributed by atoms with Gasteiger partial charge in [-0.25, -0.2) is 4.98 Å². The maximum atomic E-state index is 10.4. The summed E-state index contributed by atoms with van der Waals surface area (Å²) in [5, 5.41) is 91.0. The molecule has 0 aliphatic heterocycles. The number of hydrogen-bond acceptors (Lipinski definition) is 24. The zero-order valence-corrected chi connectivity index (χ0v) is 44.6. The largest absolute Gasteiger partial charge is 0.508 e. The van der Waals surface area contributed by atoms with Crippen molar-refractivity contribution in [1.29, 1.82) is 0 Å². The Kier molecular flexibility index (Phi) is 53.0. The van der Waals surface area contributed by atoms with E-state index in [0.717, 1.165) is 24.1 Å². The van der Waals surface area contributed by atoms with Crippen LogP contribution in [0.25, 0.3) is 0 Å². The first-order chi connectivity index (χ1) is 37.3. The topological polar surface area (TPSA) is 764 Å². The highest BCUT2D eigenvalue weighted by molar-refractivity contribution is 7.80. The fraction of sp³-hybridized carbons (Fsp3) is 0.512. The highest BCUT2D eigenvalue weighted by atomic mass is 32.1. The minimum Gasteiger partial charge on any atom is -0.508 e. The van der Waals surface area contributed by atoms with E-state index in [1.54, 1.807) is 18.3 Å². The number of thiol groups is 1. The number of nitrogens with zero attached hydrogens (tertiary/aromatic N) is 2. The van der Waals surface area contributed by atoms with Crippen molar-refractivity contribution in [3.8, 4) is 5.75 Å². The third-order valence-electron chi connectivity index (χ3n) is 8.54. The summed E-state index contributed by atoms with van der Waals surface area (Å²) in [5.41, 5.74) is 62.2. The number of aliphatic carboxylic acids is 10. The summed E-state index contributed by atoms with van der Waals surface area (Å²) >= 11 is 3.65. The number of imidazole rings is 1. The van der Waals surface area contributed by atoms with E-state index in [1.807, 2.05) is 0 Å². The SMILES string of the molecule is NC(=O)CC(N)C(=O)O.NC(CC(=O)O)C(=O)O.NC(CCC(=O)O)C(=O)O.NC(CS)C(=O)O.NC(Cc1ccc(O)cc1)C(=O)O.NC(Cc1cnc[nH]1)C(=O)O.NC(N)=NCCCC(N)C(=O)O.NCCCCC(N)C(=O)O. The number of unbranched alkanes of at least 4 members (excludes halogenated alkanes) is 1. The predicted octanol–water partition coefficient (Wildman–Crippen LogP) is -6.57. The number of carbonyl (C=O) groups excluding carboxylic acids is 1. The molecule has 38 heteroatoms. The molecule has 0 fully saturated rings. The number of hydrogen-bond donors (Lipinski definition) is 25. The van der Waals surface area contributed by atoms with Gasteiger partial charge in [0.15, 0.2) is 5.96 Å². The number of aromatic hydroxyl groups is 1. The van der Waals surface area contributed by atoms with Gasteiger partial charge in [-0.1, -0.05) is 18.6 Å². The van der Waals surface area contributed by atoms with Crippen molar-refractivity contribution in [2.45, 2.75) is 119 Å². The molecule has 2 rings (SSSR count). The molecular formula is C43H79N15O22S. The van der Waals surface area contributed by atoms with Crippen molar-refractivity contribution in [3.63, 3.8) is 0 Å². The van der Waals surface area contributed by atoms with Gasteiger partial charge in [0.1, 0.15) is 54.1 Å². The third-order valence-corrected chi connectivity index (χ3v) is 8.94. The van der Waals surface area contributed by atoms with E-state index in [4.69, 9.17) is 119 Å². The van der Waals surface area contributed by atoms with Crippen LogP contribution in [0, 0.1) is 0 Å². The van der Waals surface area contributed by atoms with Crippen molar-refractivity contribution in [2.75, 3.05) is 18.8 Å². The van der Waals surface area contributed by atoms with Crippen molar-refractivity contribution in [1.82, 2.24) is 9.97 Å². The Labute approximate surface area is 467 Å². The molecular weight excluding hydrogens is 1110 g/mol. The minimum absolute atomic E-state index is 0.0129. The lowest BCUT2D eigenvalue weighted by Gasteiger charge is -2.05. The lowest BCUT2D eigenvalue weighted by Crippen LogP contribution is -2.34. The summed E-state index contributed by atoms with van der Waals surface area (Å²) in [5.74, 6) is -11.2. The van der Waals surface area contributed by atoms with Crippen LogP contribution in [0.15, 0.2) is 41.8 Å². The second-order valence-electron chi connectivity index (χ2n) is 15.8. The van der Waals surface area contributed by atoms with Crippen molar-refractivity contribution >= 4 is 84.2 Å². The third kappa shape index (κ3) is 60.7. The molecule has 1 heterocycles. The van der Waals surface area contributed by atoms with E-state index < -0.39 is 120 Å². The van der Waals surface area contributed by atoms with Gasteiger partial charge in [-0.3, -0.25) is 57.7 Å². The minimum atomic E-state index is -1.29. The summed E-state index contributed by atoms with van der Waals surface area (Å²) in [6.45, 7) is 1.02. The van der Waals surface area contributed by atoms with Crippen LogP contribution in [-0.4, -0.2) is 205 Å². The van der Waals surface area contributed by atoms with Crippen LogP contribution in [0.1, 0.15) is 69.0 Å². The van der Waals surface area contributed by atoms with E-state index in [1.165, 1.54) is 18.5 Å². The Morgan fingerprint density at radius 2 is 0.901 bits per heavy atom. The lowest BCUT2D eigenvalue weighted by atomic mass is 10.1. The van der Waals surface area contributed by atoms with E-state index in [2.05, 4.69) is 33.3 Å². The number of H-pyrrole nitrogens is 1. The molecule has 37 nitrogen and oxygen atoms in total. The van der Waals surface area contributed by atoms with Crippen molar-refractivity contribution in [3.05, 3.63) is 48.0 Å². The van der Waals surface area contributed by atoms with Crippen LogP contribution in [0.4, 0.5) is 0 Å². The van der Waals surface area contributed by atoms with Gasteiger partial charge in [-0.05, 0) is 62.8 Å².